The van der Waals surface area contributed by atoms with E-state index >= 15 is 0 Å². The number of hydrogen-bond acceptors (Lipinski definition) is 6. The predicted octanol–water partition coefficient (Wildman–Crippen LogP) is 2.52. The summed E-state index contributed by atoms with van der Waals surface area (Å²) >= 11 is 0. The van der Waals surface area contributed by atoms with Gasteiger partial charge >= 0.3 is 0 Å². The van der Waals surface area contributed by atoms with Crippen LogP contribution < -0.4 is 14.9 Å². The van der Waals surface area contributed by atoms with Crippen molar-refractivity contribution < 1.29 is 24.1 Å². The Balaban J connectivity index is 2.16. The molecule has 1 aliphatic rings. The second-order valence-corrected chi connectivity index (χ2v) is 6.72. The number of aliphatic hydroxyl groups is 2. The summed E-state index contributed by atoms with van der Waals surface area (Å²) in [6.07, 6.45) is -2.41. The van der Waals surface area contributed by atoms with Gasteiger partial charge in [0.15, 0.2) is 0 Å². The van der Waals surface area contributed by atoms with Crippen LogP contribution in [-0.4, -0.2) is 29.0 Å². The Labute approximate surface area is 143 Å². The molecule has 1 aliphatic heterocycles. The van der Waals surface area contributed by atoms with Gasteiger partial charge in [0.05, 0.1) is 18.1 Å². The molecule has 6 heteroatoms. The largest absolute Gasteiger partial charge is 0.495 e. The SMILES string of the molecule is COc1c2c(cc3oc4ccccc4c(=O)c13)OC(C)(C)[C@@H](O)[C@H]2O. The van der Waals surface area contributed by atoms with E-state index in [1.165, 1.54) is 7.11 Å². The van der Waals surface area contributed by atoms with E-state index in [9.17, 15) is 15.0 Å². The molecule has 2 aromatic carbocycles. The quantitative estimate of drug-likeness (QED) is 0.661. The number of fused-ring (bicyclic) bond motifs is 3. The maximum Gasteiger partial charge on any atom is 0.204 e. The molecule has 2 atom stereocenters. The van der Waals surface area contributed by atoms with Crippen molar-refractivity contribution >= 4 is 21.9 Å². The zero-order valence-electron chi connectivity index (χ0n) is 14.1. The summed E-state index contributed by atoms with van der Waals surface area (Å²) in [4.78, 5) is 12.9. The van der Waals surface area contributed by atoms with Gasteiger partial charge in [0.1, 0.15) is 45.9 Å². The lowest BCUT2D eigenvalue weighted by atomic mass is 9.87. The average molecular weight is 342 g/mol. The van der Waals surface area contributed by atoms with Gasteiger partial charge in [-0.1, -0.05) is 12.1 Å². The van der Waals surface area contributed by atoms with Gasteiger partial charge in [-0.25, -0.2) is 0 Å². The summed E-state index contributed by atoms with van der Waals surface area (Å²) in [5, 5.41) is 21.6. The lowest BCUT2D eigenvalue weighted by Crippen LogP contribution is -2.48. The van der Waals surface area contributed by atoms with Crippen LogP contribution in [0.2, 0.25) is 0 Å². The van der Waals surface area contributed by atoms with Gasteiger partial charge in [0, 0.05) is 6.07 Å². The number of methoxy groups -OCH3 is 1. The van der Waals surface area contributed by atoms with Crippen LogP contribution in [0.5, 0.6) is 11.5 Å². The first-order valence-electron chi connectivity index (χ1n) is 7.96. The molecule has 3 aromatic rings. The maximum atomic E-state index is 12.9. The summed E-state index contributed by atoms with van der Waals surface area (Å²) in [5.74, 6) is 0.486. The van der Waals surface area contributed by atoms with Crippen molar-refractivity contribution in [2.75, 3.05) is 7.11 Å². The molecule has 0 saturated heterocycles. The van der Waals surface area contributed by atoms with Crippen LogP contribution in [0.25, 0.3) is 21.9 Å². The highest BCUT2D eigenvalue weighted by molar-refractivity contribution is 5.95. The molecule has 6 nitrogen and oxygen atoms in total. The van der Waals surface area contributed by atoms with Gasteiger partial charge in [-0.05, 0) is 26.0 Å². The van der Waals surface area contributed by atoms with Gasteiger partial charge in [-0.15, -0.1) is 0 Å². The van der Waals surface area contributed by atoms with Crippen molar-refractivity contribution in [1.82, 2.24) is 0 Å². The number of para-hydroxylation sites is 1. The lowest BCUT2D eigenvalue weighted by molar-refractivity contribution is -0.112. The molecule has 0 bridgehead atoms. The summed E-state index contributed by atoms with van der Waals surface area (Å²) in [5.41, 5.74) is -0.244. The molecule has 2 N–H and O–H groups in total. The molecule has 130 valence electrons. The fraction of sp³-hybridized carbons (Fsp3) is 0.316. The molecule has 0 fully saturated rings. The Morgan fingerprint density at radius 1 is 1.16 bits per heavy atom. The first-order chi connectivity index (χ1) is 11.8. The van der Waals surface area contributed by atoms with Crippen LogP contribution in [0.3, 0.4) is 0 Å². The molecule has 2 heterocycles. The Morgan fingerprint density at radius 2 is 1.88 bits per heavy atom. The monoisotopic (exact) mass is 342 g/mol. The fourth-order valence-electron chi connectivity index (χ4n) is 3.38. The zero-order chi connectivity index (χ0) is 17.9. The summed E-state index contributed by atoms with van der Waals surface area (Å²) in [6.45, 7) is 3.36. The van der Waals surface area contributed by atoms with Crippen molar-refractivity contribution in [2.24, 2.45) is 0 Å². The summed E-state index contributed by atoms with van der Waals surface area (Å²) in [7, 11) is 1.41. The first-order valence-corrected chi connectivity index (χ1v) is 7.96. The summed E-state index contributed by atoms with van der Waals surface area (Å²) in [6, 6.07) is 8.49. The zero-order valence-corrected chi connectivity index (χ0v) is 14.1. The van der Waals surface area contributed by atoms with Crippen molar-refractivity contribution in [3.8, 4) is 11.5 Å². The molecule has 25 heavy (non-hydrogen) atoms. The molecular weight excluding hydrogens is 324 g/mol. The fourth-order valence-corrected chi connectivity index (χ4v) is 3.38. The van der Waals surface area contributed by atoms with Crippen LogP contribution in [0.1, 0.15) is 25.5 Å². The number of rotatable bonds is 1. The standard InChI is InChI=1S/C19H18O6/c1-19(2)18(22)16(21)14-12(25-19)8-11-13(17(14)23-3)15(20)9-6-4-5-7-10(9)24-11/h4-8,16,18,21-22H,1-3H3/t16-,18-/m0/s1. The highest BCUT2D eigenvalue weighted by Gasteiger charge is 2.44. The van der Waals surface area contributed by atoms with E-state index in [-0.39, 0.29) is 22.1 Å². The molecule has 1 aromatic heterocycles. The van der Waals surface area contributed by atoms with E-state index in [1.807, 2.05) is 0 Å². The third-order valence-electron chi connectivity index (χ3n) is 4.71. The van der Waals surface area contributed by atoms with Crippen LogP contribution in [-0.2, 0) is 0 Å². The van der Waals surface area contributed by atoms with Crippen LogP contribution >= 0.6 is 0 Å². The molecular formula is C19H18O6. The Hall–Kier alpha value is -2.57. The van der Waals surface area contributed by atoms with Crippen LogP contribution in [0, 0.1) is 0 Å². The smallest absolute Gasteiger partial charge is 0.204 e. The minimum atomic E-state index is -1.25. The lowest BCUT2D eigenvalue weighted by Gasteiger charge is -2.40. The van der Waals surface area contributed by atoms with E-state index in [0.29, 0.717) is 22.3 Å². The number of ether oxygens (including phenoxy) is 2. The van der Waals surface area contributed by atoms with Gasteiger partial charge in [0.25, 0.3) is 0 Å². The van der Waals surface area contributed by atoms with E-state index < -0.39 is 17.8 Å². The number of aliphatic hydroxyl groups excluding tert-OH is 2. The van der Waals surface area contributed by atoms with E-state index in [1.54, 1.807) is 44.2 Å². The van der Waals surface area contributed by atoms with Crippen LogP contribution in [0.4, 0.5) is 0 Å². The molecule has 0 amide bonds. The minimum Gasteiger partial charge on any atom is -0.495 e. The van der Waals surface area contributed by atoms with Crippen LogP contribution in [0.15, 0.2) is 39.5 Å². The van der Waals surface area contributed by atoms with Gasteiger partial charge in [-0.2, -0.15) is 0 Å². The third-order valence-corrected chi connectivity index (χ3v) is 4.71. The molecule has 0 radical (unpaired) electrons. The molecule has 0 aliphatic carbocycles. The summed E-state index contributed by atoms with van der Waals surface area (Å²) < 4.78 is 17.1. The normalized spacial score (nSPS) is 21.8. The number of benzene rings is 2. The van der Waals surface area contributed by atoms with Gasteiger partial charge in [0.2, 0.25) is 5.43 Å². The molecule has 0 saturated carbocycles. The van der Waals surface area contributed by atoms with Crippen molar-refractivity contribution in [2.45, 2.75) is 31.7 Å². The van der Waals surface area contributed by atoms with E-state index in [2.05, 4.69) is 0 Å². The Bertz CT molecular complexity index is 1050. The Kier molecular flexibility index (Phi) is 3.32. The highest BCUT2D eigenvalue weighted by Crippen LogP contribution is 2.47. The third kappa shape index (κ3) is 2.14. The van der Waals surface area contributed by atoms with Gasteiger partial charge in [-0.3, -0.25) is 4.79 Å². The number of hydrogen-bond donors (Lipinski definition) is 2. The van der Waals surface area contributed by atoms with Gasteiger partial charge < -0.3 is 24.1 Å². The van der Waals surface area contributed by atoms with E-state index in [0.717, 1.165) is 0 Å². The van der Waals surface area contributed by atoms with Crippen molar-refractivity contribution in [3.05, 3.63) is 46.1 Å². The predicted molar refractivity (Wildman–Crippen MR) is 92.2 cm³/mol. The maximum absolute atomic E-state index is 12.9. The van der Waals surface area contributed by atoms with Crippen molar-refractivity contribution in [3.63, 3.8) is 0 Å². The Morgan fingerprint density at radius 3 is 2.60 bits per heavy atom. The average Bonchev–Trinajstić information content (AvgIpc) is 2.58. The van der Waals surface area contributed by atoms with E-state index in [4.69, 9.17) is 13.9 Å². The molecule has 0 unspecified atom stereocenters. The highest BCUT2D eigenvalue weighted by atomic mass is 16.5. The second-order valence-electron chi connectivity index (χ2n) is 6.72. The minimum absolute atomic E-state index is 0.161. The van der Waals surface area contributed by atoms with Crippen molar-refractivity contribution in [1.29, 1.82) is 0 Å². The second kappa shape index (κ2) is 5.21. The molecule has 4 rings (SSSR count). The topological polar surface area (TPSA) is 89.1 Å². The first kappa shape index (κ1) is 15.9. The molecule has 0 spiro atoms.